The molecule has 0 saturated heterocycles. The van der Waals surface area contributed by atoms with Gasteiger partial charge < -0.3 is 15.7 Å². The molecule has 1 aliphatic heterocycles. The van der Waals surface area contributed by atoms with Crippen LogP contribution in [0, 0.1) is 11.3 Å². The van der Waals surface area contributed by atoms with Gasteiger partial charge in [0, 0.05) is 22.7 Å². The highest BCUT2D eigenvalue weighted by atomic mass is 35.5. The summed E-state index contributed by atoms with van der Waals surface area (Å²) in [5, 5.41) is 25.2. The second-order valence-electron chi connectivity index (χ2n) is 12.6. The summed E-state index contributed by atoms with van der Waals surface area (Å²) in [6, 6.07) is 16.4. The van der Waals surface area contributed by atoms with Gasteiger partial charge in [-0.05, 0) is 80.6 Å². The molecule has 0 spiro atoms. The predicted octanol–water partition coefficient (Wildman–Crippen LogP) is 4.86. The Morgan fingerprint density at radius 1 is 0.979 bits per heavy atom. The second kappa shape index (κ2) is 11.2. The van der Waals surface area contributed by atoms with E-state index in [4.69, 9.17) is 23.2 Å². The van der Waals surface area contributed by atoms with Gasteiger partial charge in [-0.1, -0.05) is 35.3 Å². The maximum Gasteiger partial charge on any atom is 0.335 e. The lowest BCUT2D eigenvalue weighted by molar-refractivity contribution is -0.125. The van der Waals surface area contributed by atoms with Crippen LogP contribution in [0.15, 0.2) is 67.0 Å². The molecule has 2 aromatic heterocycles. The van der Waals surface area contributed by atoms with Crippen LogP contribution >= 0.6 is 23.2 Å². The molecule has 14 heteroatoms. The molecule has 3 aliphatic rings. The number of fused-ring (bicyclic) bond motifs is 1. The van der Waals surface area contributed by atoms with Crippen LogP contribution in [0.2, 0.25) is 10.0 Å². The SMILES string of the molecule is C[C@@]1(Cc2ccc(C#N)cc2)C(=O)N(c2cc(Cl)cc(Cl)c2)c2ncc(C(=O)NC3(C(=O)NC4(c5cc(C(=O)O)ccn5)CC4)CC3)n21. The molecule has 48 heavy (non-hydrogen) atoms. The second-order valence-corrected chi connectivity index (χ2v) is 13.5. The number of carbonyl (C=O) groups is 4. The quantitative estimate of drug-likeness (QED) is 0.225. The number of nitriles is 1. The molecule has 3 heterocycles. The molecule has 0 radical (unpaired) electrons. The van der Waals surface area contributed by atoms with Gasteiger partial charge in [-0.2, -0.15) is 5.26 Å². The van der Waals surface area contributed by atoms with E-state index in [0.717, 1.165) is 5.56 Å². The average molecular weight is 685 g/mol. The lowest BCUT2D eigenvalue weighted by Crippen LogP contribution is -2.52. The number of anilines is 2. The molecule has 3 amide bonds. The molecular formula is C34H27Cl2N7O5. The highest BCUT2D eigenvalue weighted by Gasteiger charge is 2.57. The lowest BCUT2D eigenvalue weighted by Gasteiger charge is -2.27. The third kappa shape index (κ3) is 5.25. The topological polar surface area (TPSA) is 170 Å². The molecule has 2 aromatic carbocycles. The molecule has 12 nitrogen and oxygen atoms in total. The Hall–Kier alpha value is -5.25. The van der Waals surface area contributed by atoms with E-state index in [1.165, 1.54) is 29.4 Å². The Morgan fingerprint density at radius 2 is 1.67 bits per heavy atom. The van der Waals surface area contributed by atoms with Gasteiger partial charge >= 0.3 is 5.97 Å². The smallest absolute Gasteiger partial charge is 0.335 e. The van der Waals surface area contributed by atoms with Crippen molar-refractivity contribution in [2.24, 2.45) is 0 Å². The summed E-state index contributed by atoms with van der Waals surface area (Å²) in [6.45, 7) is 1.70. The van der Waals surface area contributed by atoms with Gasteiger partial charge in [0.2, 0.25) is 11.9 Å². The highest BCUT2D eigenvalue weighted by molar-refractivity contribution is 6.35. The van der Waals surface area contributed by atoms with Gasteiger partial charge in [-0.15, -0.1) is 0 Å². The fourth-order valence-corrected chi connectivity index (χ4v) is 6.79. The van der Waals surface area contributed by atoms with E-state index >= 15 is 0 Å². The molecule has 0 bridgehead atoms. The van der Waals surface area contributed by atoms with Crippen molar-refractivity contribution in [3.8, 4) is 6.07 Å². The molecular weight excluding hydrogens is 657 g/mol. The number of rotatable bonds is 9. The third-order valence-corrected chi connectivity index (χ3v) is 9.64. The summed E-state index contributed by atoms with van der Waals surface area (Å²) in [5.74, 6) is -2.30. The number of benzene rings is 2. The fraction of sp³-hybridized carbons (Fsp3) is 0.265. The van der Waals surface area contributed by atoms with E-state index in [1.807, 2.05) is 0 Å². The van der Waals surface area contributed by atoms with E-state index in [1.54, 1.807) is 54.0 Å². The Balaban J connectivity index is 1.20. The zero-order chi connectivity index (χ0) is 34.0. The summed E-state index contributed by atoms with van der Waals surface area (Å²) < 4.78 is 1.56. The van der Waals surface area contributed by atoms with Crippen molar-refractivity contribution in [2.45, 2.75) is 55.6 Å². The van der Waals surface area contributed by atoms with Crippen molar-refractivity contribution in [3.05, 3.63) is 105 Å². The van der Waals surface area contributed by atoms with E-state index in [-0.39, 0.29) is 29.5 Å². The Labute approximate surface area is 284 Å². The summed E-state index contributed by atoms with van der Waals surface area (Å²) in [5.41, 5.74) is -1.20. The number of nitrogens with one attached hydrogen (secondary N) is 2. The number of halogens is 2. The minimum Gasteiger partial charge on any atom is -0.478 e. The first-order chi connectivity index (χ1) is 22.9. The van der Waals surface area contributed by atoms with Crippen molar-refractivity contribution >= 4 is 58.5 Å². The monoisotopic (exact) mass is 683 g/mol. The van der Waals surface area contributed by atoms with E-state index in [2.05, 4.69) is 26.7 Å². The Morgan fingerprint density at radius 3 is 2.27 bits per heavy atom. The van der Waals surface area contributed by atoms with Crippen molar-refractivity contribution in [1.29, 1.82) is 5.26 Å². The number of pyridine rings is 1. The summed E-state index contributed by atoms with van der Waals surface area (Å²) >= 11 is 12.6. The highest BCUT2D eigenvalue weighted by Crippen LogP contribution is 2.47. The van der Waals surface area contributed by atoms with Crippen LogP contribution < -0.4 is 15.5 Å². The van der Waals surface area contributed by atoms with Crippen molar-refractivity contribution in [3.63, 3.8) is 0 Å². The number of carbonyl (C=O) groups excluding carboxylic acids is 3. The molecule has 3 N–H and O–H groups in total. The maximum absolute atomic E-state index is 14.3. The van der Waals surface area contributed by atoms with Crippen LogP contribution in [-0.2, 0) is 27.1 Å². The third-order valence-electron chi connectivity index (χ3n) is 9.21. The number of aromatic carboxylic acids is 1. The molecule has 7 rings (SSSR count). The summed E-state index contributed by atoms with van der Waals surface area (Å²) in [6.07, 6.45) is 4.85. The zero-order valence-corrected chi connectivity index (χ0v) is 27.0. The van der Waals surface area contributed by atoms with Crippen molar-refractivity contribution < 1.29 is 24.3 Å². The van der Waals surface area contributed by atoms with Gasteiger partial charge in [-0.25, -0.2) is 14.7 Å². The van der Waals surface area contributed by atoms with Gasteiger partial charge in [-0.3, -0.25) is 23.9 Å². The number of aromatic nitrogens is 3. The number of carboxylic acids is 1. The molecule has 2 saturated carbocycles. The average Bonchev–Trinajstić information content (AvgIpc) is 3.96. The first-order valence-corrected chi connectivity index (χ1v) is 15.9. The molecule has 2 aliphatic carbocycles. The van der Waals surface area contributed by atoms with E-state index in [9.17, 15) is 29.5 Å². The first-order valence-electron chi connectivity index (χ1n) is 15.1. The van der Waals surface area contributed by atoms with Crippen LogP contribution in [0.5, 0.6) is 0 Å². The molecule has 2 fully saturated rings. The van der Waals surface area contributed by atoms with Gasteiger partial charge in [0.25, 0.3) is 11.8 Å². The normalized spacial score (nSPS) is 19.6. The van der Waals surface area contributed by atoms with Gasteiger partial charge in [0.05, 0.1) is 40.3 Å². The van der Waals surface area contributed by atoms with Crippen LogP contribution in [0.3, 0.4) is 0 Å². The number of imidazole rings is 1. The number of amides is 3. The molecule has 4 aromatic rings. The number of hydrogen-bond donors (Lipinski definition) is 3. The number of carboxylic acid groups (broad SMARTS) is 1. The van der Waals surface area contributed by atoms with Crippen molar-refractivity contribution in [2.75, 3.05) is 4.90 Å². The number of nitrogens with zero attached hydrogens (tertiary/aromatic N) is 5. The van der Waals surface area contributed by atoms with Crippen LogP contribution in [0.25, 0.3) is 0 Å². The Kier molecular flexibility index (Phi) is 7.30. The lowest BCUT2D eigenvalue weighted by atomic mass is 9.91. The van der Waals surface area contributed by atoms with Gasteiger partial charge in [0.1, 0.15) is 16.8 Å². The van der Waals surface area contributed by atoms with Gasteiger partial charge in [0.15, 0.2) is 0 Å². The van der Waals surface area contributed by atoms with Crippen LogP contribution in [0.4, 0.5) is 11.6 Å². The Bertz CT molecular complexity index is 2060. The minimum absolute atomic E-state index is 0.0669. The minimum atomic E-state index is -1.35. The fourth-order valence-electron chi connectivity index (χ4n) is 6.27. The molecule has 0 unspecified atom stereocenters. The zero-order valence-electron chi connectivity index (χ0n) is 25.5. The maximum atomic E-state index is 14.3. The summed E-state index contributed by atoms with van der Waals surface area (Å²) in [4.78, 5) is 63.8. The largest absolute Gasteiger partial charge is 0.478 e. The standard InChI is InChI=1S/C34H27Cl2N7O5/c1-32(16-19-2-4-20(17-37)5-3-19)30(48)42(24-14-22(35)13-23(36)15-24)31-39-18-25(43(31)32)27(44)40-34(9-10-34)29(47)41-33(7-8-33)26-12-21(28(45)46)6-11-38-26/h2-6,11-15,18H,7-10,16H2,1H3,(H,40,44)(H,41,47)(H,45,46)/t32-/m1/s1. The van der Waals surface area contributed by atoms with E-state index < -0.39 is 34.4 Å². The van der Waals surface area contributed by atoms with Crippen molar-refractivity contribution in [1.82, 2.24) is 25.2 Å². The van der Waals surface area contributed by atoms with E-state index in [0.29, 0.717) is 52.7 Å². The first kappa shape index (κ1) is 31.4. The summed E-state index contributed by atoms with van der Waals surface area (Å²) in [7, 11) is 0. The molecule has 242 valence electrons. The number of hydrogen-bond acceptors (Lipinski definition) is 7. The molecule has 1 atom stereocenters. The predicted molar refractivity (Wildman–Crippen MR) is 174 cm³/mol. The van der Waals surface area contributed by atoms with Crippen LogP contribution in [-0.4, -0.2) is 48.9 Å². The van der Waals surface area contributed by atoms with Crippen LogP contribution in [0.1, 0.15) is 70.3 Å².